The second-order valence-corrected chi connectivity index (χ2v) is 5.27. The van der Waals surface area contributed by atoms with E-state index >= 15 is 0 Å². The largest absolute Gasteiger partial charge is 0.397 e. The van der Waals surface area contributed by atoms with Crippen molar-refractivity contribution < 1.29 is 4.79 Å². The van der Waals surface area contributed by atoms with Crippen LogP contribution in [0.5, 0.6) is 0 Å². The number of hydrogen-bond donors (Lipinski definition) is 2. The average Bonchev–Trinajstić information content (AvgIpc) is 2.77. The molecular formula is C13H14Cl2N4O. The lowest BCUT2D eigenvalue weighted by Crippen LogP contribution is -2.16. The molecule has 106 valence electrons. The van der Waals surface area contributed by atoms with Crippen LogP contribution in [0.3, 0.4) is 0 Å². The van der Waals surface area contributed by atoms with E-state index in [9.17, 15) is 4.79 Å². The summed E-state index contributed by atoms with van der Waals surface area (Å²) in [6, 6.07) is 3.08. The highest BCUT2D eigenvalue weighted by molar-refractivity contribution is 6.37. The van der Waals surface area contributed by atoms with Crippen molar-refractivity contribution >= 4 is 40.5 Å². The summed E-state index contributed by atoms with van der Waals surface area (Å²) < 4.78 is 1.71. The van der Waals surface area contributed by atoms with Crippen LogP contribution in [0, 0.1) is 6.92 Å². The number of nitrogens with zero attached hydrogens (tertiary/aromatic N) is 2. The summed E-state index contributed by atoms with van der Waals surface area (Å²) in [7, 11) is 0. The van der Waals surface area contributed by atoms with Crippen molar-refractivity contribution in [3.63, 3.8) is 0 Å². The maximum atomic E-state index is 11.9. The molecule has 0 aliphatic heterocycles. The Kier molecular flexibility index (Phi) is 4.52. The SMILES string of the molecule is Cc1cnn(CCC(=O)Nc2c(N)cc(Cl)cc2Cl)c1. The molecule has 0 bridgehead atoms. The number of nitrogens with one attached hydrogen (secondary N) is 1. The molecule has 7 heteroatoms. The number of nitrogen functional groups attached to an aromatic ring is 1. The predicted octanol–water partition coefficient (Wildman–Crippen LogP) is 3.11. The molecule has 2 rings (SSSR count). The summed E-state index contributed by atoms with van der Waals surface area (Å²) in [4.78, 5) is 11.9. The Morgan fingerprint density at radius 1 is 1.45 bits per heavy atom. The van der Waals surface area contributed by atoms with Gasteiger partial charge in [0.25, 0.3) is 0 Å². The number of anilines is 2. The number of benzene rings is 1. The standard InChI is InChI=1S/C13H14Cl2N4O/c1-8-6-17-19(7-8)3-2-12(20)18-13-10(15)4-9(14)5-11(13)16/h4-7H,2-3,16H2,1H3,(H,18,20). The molecule has 0 aliphatic rings. The number of rotatable bonds is 4. The minimum atomic E-state index is -0.186. The second-order valence-electron chi connectivity index (χ2n) is 4.43. The van der Waals surface area contributed by atoms with Crippen LogP contribution >= 0.6 is 23.2 Å². The smallest absolute Gasteiger partial charge is 0.226 e. The lowest BCUT2D eigenvalue weighted by atomic mass is 10.2. The molecule has 1 heterocycles. The van der Waals surface area contributed by atoms with Crippen molar-refractivity contribution in [2.24, 2.45) is 0 Å². The zero-order valence-electron chi connectivity index (χ0n) is 10.9. The van der Waals surface area contributed by atoms with E-state index in [1.165, 1.54) is 6.07 Å². The monoisotopic (exact) mass is 312 g/mol. The zero-order valence-corrected chi connectivity index (χ0v) is 12.4. The molecule has 3 N–H and O–H groups in total. The Balaban J connectivity index is 1.98. The predicted molar refractivity (Wildman–Crippen MR) is 81.1 cm³/mol. The topological polar surface area (TPSA) is 72.9 Å². The average molecular weight is 313 g/mol. The Morgan fingerprint density at radius 3 is 2.80 bits per heavy atom. The van der Waals surface area contributed by atoms with E-state index in [-0.39, 0.29) is 12.3 Å². The molecule has 0 atom stereocenters. The fraction of sp³-hybridized carbons (Fsp3) is 0.231. The van der Waals surface area contributed by atoms with Gasteiger partial charge >= 0.3 is 0 Å². The zero-order chi connectivity index (χ0) is 14.7. The molecule has 0 fully saturated rings. The Bertz CT molecular complexity index is 616. The highest BCUT2D eigenvalue weighted by Gasteiger charge is 2.10. The number of aromatic nitrogens is 2. The normalized spacial score (nSPS) is 10.6. The van der Waals surface area contributed by atoms with Crippen LogP contribution in [0.15, 0.2) is 24.5 Å². The quantitative estimate of drug-likeness (QED) is 0.852. The van der Waals surface area contributed by atoms with Gasteiger partial charge in [-0.25, -0.2) is 0 Å². The van der Waals surface area contributed by atoms with Gasteiger partial charge in [-0.3, -0.25) is 9.48 Å². The van der Waals surface area contributed by atoms with E-state index in [0.717, 1.165) is 5.56 Å². The van der Waals surface area contributed by atoms with Crippen LogP contribution in [0.1, 0.15) is 12.0 Å². The maximum Gasteiger partial charge on any atom is 0.226 e. The molecule has 0 saturated carbocycles. The third-order valence-electron chi connectivity index (χ3n) is 2.68. The first-order valence-electron chi connectivity index (χ1n) is 5.99. The fourth-order valence-corrected chi connectivity index (χ4v) is 2.29. The summed E-state index contributed by atoms with van der Waals surface area (Å²) in [5, 5.41) is 7.54. The van der Waals surface area contributed by atoms with Gasteiger partial charge in [-0.05, 0) is 24.6 Å². The molecule has 2 aromatic rings. The number of carbonyl (C=O) groups excluding carboxylic acids is 1. The molecular weight excluding hydrogens is 299 g/mol. The van der Waals surface area contributed by atoms with Gasteiger partial charge in [0.15, 0.2) is 0 Å². The second kappa shape index (κ2) is 6.15. The van der Waals surface area contributed by atoms with E-state index in [1.54, 1.807) is 16.9 Å². The Morgan fingerprint density at radius 2 is 2.20 bits per heavy atom. The number of nitrogens with two attached hydrogens (primary N) is 1. The third kappa shape index (κ3) is 3.65. The van der Waals surface area contributed by atoms with E-state index in [4.69, 9.17) is 28.9 Å². The van der Waals surface area contributed by atoms with Crippen LogP contribution in [-0.2, 0) is 11.3 Å². The number of hydrogen-bond acceptors (Lipinski definition) is 3. The van der Waals surface area contributed by atoms with Crippen molar-refractivity contribution in [3.8, 4) is 0 Å². The first-order valence-corrected chi connectivity index (χ1v) is 6.74. The van der Waals surface area contributed by atoms with Gasteiger partial charge < -0.3 is 11.1 Å². The van der Waals surface area contributed by atoms with Crippen LogP contribution in [0.2, 0.25) is 10.0 Å². The highest BCUT2D eigenvalue weighted by Crippen LogP contribution is 2.32. The summed E-state index contributed by atoms with van der Waals surface area (Å²) in [6.45, 7) is 2.43. The third-order valence-corrected chi connectivity index (χ3v) is 3.20. The van der Waals surface area contributed by atoms with Gasteiger partial charge in [-0.15, -0.1) is 0 Å². The van der Waals surface area contributed by atoms with Crippen molar-refractivity contribution in [2.75, 3.05) is 11.1 Å². The molecule has 0 spiro atoms. The molecule has 20 heavy (non-hydrogen) atoms. The molecule has 1 aromatic carbocycles. The van der Waals surface area contributed by atoms with E-state index in [2.05, 4.69) is 10.4 Å². The van der Waals surface area contributed by atoms with Gasteiger partial charge in [-0.1, -0.05) is 23.2 Å². The molecule has 0 aliphatic carbocycles. The van der Waals surface area contributed by atoms with Gasteiger partial charge in [0.2, 0.25) is 5.91 Å². The molecule has 0 saturated heterocycles. The fourth-order valence-electron chi connectivity index (χ4n) is 1.73. The number of amides is 1. The summed E-state index contributed by atoms with van der Waals surface area (Å²) in [5.74, 6) is -0.186. The van der Waals surface area contributed by atoms with Crippen molar-refractivity contribution in [1.82, 2.24) is 9.78 Å². The molecule has 5 nitrogen and oxygen atoms in total. The first kappa shape index (κ1) is 14.7. The Labute approximate surface area is 126 Å². The van der Waals surface area contributed by atoms with Crippen molar-refractivity contribution in [2.45, 2.75) is 19.9 Å². The summed E-state index contributed by atoms with van der Waals surface area (Å²) in [5.41, 5.74) is 7.56. The van der Waals surface area contributed by atoms with Gasteiger partial charge in [0.1, 0.15) is 0 Å². The lowest BCUT2D eigenvalue weighted by molar-refractivity contribution is -0.116. The minimum Gasteiger partial charge on any atom is -0.397 e. The maximum absolute atomic E-state index is 11.9. The van der Waals surface area contributed by atoms with E-state index < -0.39 is 0 Å². The highest BCUT2D eigenvalue weighted by atomic mass is 35.5. The first-order chi connectivity index (χ1) is 9.45. The number of halogens is 2. The van der Waals surface area contributed by atoms with Crippen molar-refractivity contribution in [1.29, 1.82) is 0 Å². The van der Waals surface area contributed by atoms with Crippen LogP contribution < -0.4 is 11.1 Å². The van der Waals surface area contributed by atoms with Crippen LogP contribution in [0.25, 0.3) is 0 Å². The van der Waals surface area contributed by atoms with Crippen LogP contribution in [-0.4, -0.2) is 15.7 Å². The summed E-state index contributed by atoms with van der Waals surface area (Å²) >= 11 is 11.8. The van der Waals surface area contributed by atoms with Gasteiger partial charge in [0, 0.05) is 24.2 Å². The van der Waals surface area contributed by atoms with E-state index in [0.29, 0.717) is 28.0 Å². The van der Waals surface area contributed by atoms with Crippen molar-refractivity contribution in [3.05, 3.63) is 40.1 Å². The lowest BCUT2D eigenvalue weighted by Gasteiger charge is -2.10. The molecule has 1 aromatic heterocycles. The number of carbonyl (C=O) groups is 1. The van der Waals surface area contributed by atoms with Gasteiger partial charge in [-0.2, -0.15) is 5.10 Å². The molecule has 0 unspecified atom stereocenters. The Hall–Kier alpha value is -1.72. The molecule has 1 amide bonds. The van der Waals surface area contributed by atoms with Crippen LogP contribution in [0.4, 0.5) is 11.4 Å². The van der Waals surface area contributed by atoms with Gasteiger partial charge in [0.05, 0.1) is 22.6 Å². The van der Waals surface area contributed by atoms with E-state index in [1.807, 2.05) is 13.1 Å². The minimum absolute atomic E-state index is 0.186. The summed E-state index contributed by atoms with van der Waals surface area (Å²) in [6.07, 6.45) is 3.89. The molecule has 0 radical (unpaired) electrons. The number of aryl methyl sites for hydroxylation is 2.